The van der Waals surface area contributed by atoms with Crippen LogP contribution < -0.4 is 9.46 Å². The molecular weight excluding hydrogens is 322 g/mol. The summed E-state index contributed by atoms with van der Waals surface area (Å²) < 4.78 is 32.5. The van der Waals surface area contributed by atoms with E-state index in [0.29, 0.717) is 11.4 Å². The van der Waals surface area contributed by atoms with Crippen LogP contribution in [-0.2, 0) is 15.4 Å². The van der Waals surface area contributed by atoms with Gasteiger partial charge in [0.1, 0.15) is 5.75 Å². The molecule has 0 saturated carbocycles. The van der Waals surface area contributed by atoms with Crippen molar-refractivity contribution < 1.29 is 13.2 Å². The number of rotatable bonds is 5. The number of anilines is 1. The van der Waals surface area contributed by atoms with Crippen molar-refractivity contribution in [2.24, 2.45) is 0 Å². The predicted octanol–water partition coefficient (Wildman–Crippen LogP) is 4.41. The highest BCUT2D eigenvalue weighted by molar-refractivity contribution is 7.95. The molecule has 0 aliphatic heterocycles. The summed E-state index contributed by atoms with van der Waals surface area (Å²) >= 11 is 0. The van der Waals surface area contributed by atoms with E-state index in [0.717, 1.165) is 16.5 Å². The van der Waals surface area contributed by atoms with Crippen molar-refractivity contribution in [1.29, 1.82) is 0 Å². The smallest absolute Gasteiger partial charge is 0.255 e. The topological polar surface area (TPSA) is 55.4 Å². The minimum Gasteiger partial charge on any atom is -0.495 e. The summed E-state index contributed by atoms with van der Waals surface area (Å²) in [5.41, 5.74) is 2.18. The number of nitrogens with one attached hydrogen (secondary N) is 1. The Morgan fingerprint density at radius 2 is 1.71 bits per heavy atom. The molecule has 0 bridgehead atoms. The second-order valence-electron chi connectivity index (χ2n) is 6.53. The molecule has 0 radical (unpaired) electrons. The lowest BCUT2D eigenvalue weighted by Gasteiger charge is -2.21. The fourth-order valence-electron chi connectivity index (χ4n) is 2.17. The van der Waals surface area contributed by atoms with Crippen molar-refractivity contribution in [1.82, 2.24) is 0 Å². The van der Waals surface area contributed by atoms with Gasteiger partial charge in [0.05, 0.1) is 18.2 Å². The number of methoxy groups -OCH3 is 1. The van der Waals surface area contributed by atoms with Crippen LogP contribution in [-0.4, -0.2) is 15.5 Å². The first-order chi connectivity index (χ1) is 11.2. The van der Waals surface area contributed by atoms with Gasteiger partial charge >= 0.3 is 0 Å². The van der Waals surface area contributed by atoms with Crippen LogP contribution in [0.1, 0.15) is 31.9 Å². The molecule has 4 nitrogen and oxygen atoms in total. The zero-order valence-electron chi connectivity index (χ0n) is 14.4. The van der Waals surface area contributed by atoms with Gasteiger partial charge in [-0.15, -0.1) is 0 Å². The van der Waals surface area contributed by atoms with E-state index in [-0.39, 0.29) is 5.41 Å². The number of hydrogen-bond donors (Lipinski definition) is 1. The van der Waals surface area contributed by atoms with Crippen LogP contribution >= 0.6 is 0 Å². The molecule has 0 aliphatic rings. The quantitative estimate of drug-likeness (QED) is 0.873. The Hall–Kier alpha value is -2.27. The monoisotopic (exact) mass is 345 g/mol. The van der Waals surface area contributed by atoms with E-state index in [4.69, 9.17) is 4.74 Å². The maximum absolute atomic E-state index is 12.3. The molecule has 5 heteroatoms. The second-order valence-corrected chi connectivity index (χ2v) is 8.09. The van der Waals surface area contributed by atoms with Gasteiger partial charge in [0.2, 0.25) is 0 Å². The predicted molar refractivity (Wildman–Crippen MR) is 99.7 cm³/mol. The molecule has 2 aromatic carbocycles. The fraction of sp³-hybridized carbons (Fsp3) is 0.263. The Morgan fingerprint density at radius 3 is 2.29 bits per heavy atom. The molecule has 0 heterocycles. The van der Waals surface area contributed by atoms with Gasteiger partial charge in [-0.2, -0.15) is 0 Å². The molecule has 2 aromatic rings. The van der Waals surface area contributed by atoms with Crippen LogP contribution in [0.3, 0.4) is 0 Å². The van der Waals surface area contributed by atoms with Crippen LogP contribution in [0.25, 0.3) is 6.08 Å². The molecule has 0 atom stereocenters. The van der Waals surface area contributed by atoms with Gasteiger partial charge in [-0.05, 0) is 34.8 Å². The van der Waals surface area contributed by atoms with Crippen molar-refractivity contribution >= 4 is 21.8 Å². The summed E-state index contributed by atoms with van der Waals surface area (Å²) in [5.74, 6) is 0.486. The largest absolute Gasteiger partial charge is 0.495 e. The highest BCUT2D eigenvalue weighted by Crippen LogP contribution is 2.32. The minimum atomic E-state index is -3.64. The number of hydrogen-bond acceptors (Lipinski definition) is 3. The van der Waals surface area contributed by atoms with Gasteiger partial charge in [0.15, 0.2) is 0 Å². The van der Waals surface area contributed by atoms with Gasteiger partial charge in [0, 0.05) is 0 Å². The second kappa shape index (κ2) is 7.09. The third-order valence-corrected chi connectivity index (χ3v) is 4.56. The minimum absolute atomic E-state index is 0.0909. The van der Waals surface area contributed by atoms with E-state index in [1.807, 2.05) is 42.5 Å². The first-order valence-electron chi connectivity index (χ1n) is 7.66. The molecule has 0 fully saturated rings. The van der Waals surface area contributed by atoms with Crippen molar-refractivity contribution in [3.8, 4) is 5.75 Å². The zero-order chi connectivity index (χ0) is 17.8. The van der Waals surface area contributed by atoms with Crippen molar-refractivity contribution in [3.05, 3.63) is 65.1 Å². The van der Waals surface area contributed by atoms with E-state index in [2.05, 4.69) is 25.5 Å². The molecule has 0 unspecified atom stereocenters. The summed E-state index contributed by atoms with van der Waals surface area (Å²) in [7, 11) is -2.12. The van der Waals surface area contributed by atoms with Gasteiger partial charge in [-0.25, -0.2) is 8.42 Å². The van der Waals surface area contributed by atoms with Gasteiger partial charge in [-0.1, -0.05) is 57.2 Å². The first kappa shape index (κ1) is 18.1. The SMILES string of the molecule is COc1ccc(C(C)(C)C)cc1NS(=O)(=O)/C=C/c1ccccc1. The number of sulfonamides is 1. The fourth-order valence-corrected chi connectivity index (χ4v) is 3.04. The van der Waals surface area contributed by atoms with E-state index >= 15 is 0 Å². The maximum Gasteiger partial charge on any atom is 0.255 e. The molecular formula is C19H23NO3S. The number of ether oxygens (including phenoxy) is 1. The van der Waals surface area contributed by atoms with Crippen LogP contribution in [0.2, 0.25) is 0 Å². The molecule has 2 rings (SSSR count). The van der Waals surface area contributed by atoms with Crippen molar-refractivity contribution in [2.75, 3.05) is 11.8 Å². The average molecular weight is 345 g/mol. The third kappa shape index (κ3) is 4.86. The van der Waals surface area contributed by atoms with Crippen LogP contribution in [0.4, 0.5) is 5.69 Å². The normalized spacial score (nSPS) is 12.3. The summed E-state index contributed by atoms with van der Waals surface area (Å²) in [5, 5.41) is 1.16. The number of benzene rings is 2. The summed E-state index contributed by atoms with van der Waals surface area (Å²) in [6, 6.07) is 14.8. The first-order valence-corrected chi connectivity index (χ1v) is 9.20. The summed E-state index contributed by atoms with van der Waals surface area (Å²) in [6.45, 7) is 6.22. The Kier molecular flexibility index (Phi) is 5.34. The lowest BCUT2D eigenvalue weighted by atomic mass is 9.87. The van der Waals surface area contributed by atoms with Gasteiger partial charge < -0.3 is 4.74 Å². The van der Waals surface area contributed by atoms with E-state index in [9.17, 15) is 8.42 Å². The molecule has 1 N–H and O–H groups in total. The molecule has 0 aliphatic carbocycles. The highest BCUT2D eigenvalue weighted by atomic mass is 32.2. The summed E-state index contributed by atoms with van der Waals surface area (Å²) in [4.78, 5) is 0. The Labute approximate surface area is 144 Å². The third-order valence-electron chi connectivity index (χ3n) is 3.56. The van der Waals surface area contributed by atoms with Crippen LogP contribution in [0, 0.1) is 0 Å². The van der Waals surface area contributed by atoms with E-state index in [1.165, 1.54) is 7.11 Å². The highest BCUT2D eigenvalue weighted by Gasteiger charge is 2.17. The van der Waals surface area contributed by atoms with Crippen molar-refractivity contribution in [3.63, 3.8) is 0 Å². The average Bonchev–Trinajstić information content (AvgIpc) is 2.53. The molecule has 0 saturated heterocycles. The standard InChI is InChI=1S/C19H23NO3S/c1-19(2,3)16-10-11-18(23-4)17(14-16)20-24(21,22)13-12-15-8-6-5-7-9-15/h5-14,20H,1-4H3/b13-12+. The maximum atomic E-state index is 12.3. The zero-order valence-corrected chi connectivity index (χ0v) is 15.2. The van der Waals surface area contributed by atoms with Crippen LogP contribution in [0.15, 0.2) is 53.9 Å². The Morgan fingerprint density at radius 1 is 1.04 bits per heavy atom. The van der Waals surface area contributed by atoms with Gasteiger partial charge in [-0.3, -0.25) is 4.72 Å². The Bertz CT molecular complexity index is 819. The molecule has 0 aromatic heterocycles. The lowest BCUT2D eigenvalue weighted by molar-refractivity contribution is 0.416. The van der Waals surface area contributed by atoms with Gasteiger partial charge in [0.25, 0.3) is 10.0 Å². The lowest BCUT2D eigenvalue weighted by Crippen LogP contribution is -2.14. The van der Waals surface area contributed by atoms with Crippen LogP contribution in [0.5, 0.6) is 5.75 Å². The Balaban J connectivity index is 2.30. The molecule has 128 valence electrons. The molecule has 24 heavy (non-hydrogen) atoms. The van der Waals surface area contributed by atoms with Crippen molar-refractivity contribution in [2.45, 2.75) is 26.2 Å². The molecule has 0 spiro atoms. The molecule has 0 amide bonds. The summed E-state index contributed by atoms with van der Waals surface area (Å²) in [6.07, 6.45) is 1.56. The van der Waals surface area contributed by atoms with E-state index < -0.39 is 10.0 Å². The van der Waals surface area contributed by atoms with E-state index in [1.54, 1.807) is 12.1 Å².